The average molecular weight is 407 g/mol. The first-order chi connectivity index (χ1) is 14.6. The van der Waals surface area contributed by atoms with Crippen LogP contribution in [0.15, 0.2) is 42.7 Å². The topological polar surface area (TPSA) is 58.4 Å². The van der Waals surface area contributed by atoms with Crippen molar-refractivity contribution in [2.45, 2.75) is 57.0 Å². The number of rotatable bonds is 3. The Balaban J connectivity index is 1.33. The number of likely N-dealkylation sites (tertiary alicyclic amines) is 2. The van der Waals surface area contributed by atoms with Crippen LogP contribution in [0.25, 0.3) is 0 Å². The van der Waals surface area contributed by atoms with Gasteiger partial charge in [0, 0.05) is 38.6 Å². The molecule has 0 radical (unpaired) electrons. The van der Waals surface area contributed by atoms with Crippen molar-refractivity contribution in [3.8, 4) is 0 Å². The van der Waals surface area contributed by atoms with Gasteiger partial charge in [-0.25, -0.2) is 4.98 Å². The van der Waals surface area contributed by atoms with Crippen LogP contribution < -0.4 is 0 Å². The van der Waals surface area contributed by atoms with E-state index >= 15 is 0 Å². The number of imidazole rings is 1. The molecule has 1 aromatic heterocycles. The molecule has 3 fully saturated rings. The lowest BCUT2D eigenvalue weighted by atomic mass is 9.59. The molecule has 2 amide bonds. The largest absolute Gasteiger partial charge is 0.336 e. The van der Waals surface area contributed by atoms with Gasteiger partial charge in [-0.3, -0.25) is 9.59 Å². The van der Waals surface area contributed by atoms with E-state index in [1.54, 1.807) is 17.0 Å². The van der Waals surface area contributed by atoms with Crippen molar-refractivity contribution in [3.63, 3.8) is 0 Å². The summed E-state index contributed by atoms with van der Waals surface area (Å²) in [5.74, 6) is 0.820. The lowest BCUT2D eigenvalue weighted by molar-refractivity contribution is -0.186. The third-order valence-corrected chi connectivity index (χ3v) is 7.48. The van der Waals surface area contributed by atoms with Gasteiger partial charge in [0.2, 0.25) is 5.91 Å². The lowest BCUT2D eigenvalue weighted by Gasteiger charge is -2.61. The molecule has 6 nitrogen and oxygen atoms in total. The standard InChI is InChI=1S/C24H30N4O2/c1-26-17-14-25-21(26)22(29)27-15-10-19(11-16-27)28-20(18-8-4-2-5-9-18)24(23(28)30)12-6-3-7-13-24/h2,4-5,8-9,14,17,19-20H,3,6-7,10-13,15-16H2,1H3. The normalized spacial score (nSPS) is 24.2. The molecular formula is C24H30N4O2. The second kappa shape index (κ2) is 7.56. The molecular weight excluding hydrogens is 376 g/mol. The van der Waals surface area contributed by atoms with Crippen molar-refractivity contribution >= 4 is 11.8 Å². The van der Waals surface area contributed by atoms with E-state index in [1.807, 2.05) is 18.0 Å². The molecule has 1 saturated carbocycles. The van der Waals surface area contributed by atoms with Crippen LogP contribution in [-0.2, 0) is 11.8 Å². The molecule has 1 spiro atoms. The Morgan fingerprint density at radius 2 is 1.77 bits per heavy atom. The van der Waals surface area contributed by atoms with Crippen molar-refractivity contribution in [2.24, 2.45) is 12.5 Å². The maximum Gasteiger partial charge on any atom is 0.289 e. The van der Waals surface area contributed by atoms with E-state index < -0.39 is 0 Å². The molecule has 5 rings (SSSR count). The quantitative estimate of drug-likeness (QED) is 0.733. The Morgan fingerprint density at radius 3 is 2.40 bits per heavy atom. The highest BCUT2D eigenvalue weighted by atomic mass is 16.2. The van der Waals surface area contributed by atoms with Crippen molar-refractivity contribution in [3.05, 3.63) is 54.1 Å². The maximum absolute atomic E-state index is 13.5. The Kier molecular flexibility index (Phi) is 4.88. The first kappa shape index (κ1) is 19.3. The van der Waals surface area contributed by atoms with Gasteiger partial charge in [0.05, 0.1) is 11.5 Å². The lowest BCUT2D eigenvalue weighted by Crippen LogP contribution is -2.67. The molecule has 2 aliphatic heterocycles. The van der Waals surface area contributed by atoms with E-state index in [1.165, 1.54) is 12.0 Å². The molecule has 1 unspecified atom stereocenters. The first-order valence-corrected chi connectivity index (χ1v) is 11.3. The predicted octanol–water partition coefficient (Wildman–Crippen LogP) is 3.56. The smallest absolute Gasteiger partial charge is 0.289 e. The summed E-state index contributed by atoms with van der Waals surface area (Å²) in [6.07, 6.45) is 10.7. The highest BCUT2D eigenvalue weighted by Crippen LogP contribution is 2.59. The van der Waals surface area contributed by atoms with Crippen LogP contribution in [-0.4, -0.2) is 50.3 Å². The van der Waals surface area contributed by atoms with E-state index in [0.29, 0.717) is 24.8 Å². The number of β-lactam (4-membered cyclic amide) rings is 1. The monoisotopic (exact) mass is 406 g/mol. The molecule has 0 bridgehead atoms. The number of aryl methyl sites for hydroxylation is 1. The fourth-order valence-electron chi connectivity index (χ4n) is 5.91. The Hall–Kier alpha value is -2.63. The second-order valence-corrected chi connectivity index (χ2v) is 9.13. The molecule has 3 aliphatic rings. The van der Waals surface area contributed by atoms with Gasteiger partial charge in [-0.05, 0) is 31.2 Å². The molecule has 2 aromatic rings. The Morgan fingerprint density at radius 1 is 1.07 bits per heavy atom. The number of nitrogens with zero attached hydrogens (tertiary/aromatic N) is 4. The zero-order valence-electron chi connectivity index (χ0n) is 17.7. The second-order valence-electron chi connectivity index (χ2n) is 9.13. The van der Waals surface area contributed by atoms with Gasteiger partial charge in [-0.15, -0.1) is 0 Å². The number of hydrogen-bond donors (Lipinski definition) is 0. The fourth-order valence-corrected chi connectivity index (χ4v) is 5.91. The first-order valence-electron chi connectivity index (χ1n) is 11.3. The van der Waals surface area contributed by atoms with Crippen LogP contribution >= 0.6 is 0 Å². The minimum Gasteiger partial charge on any atom is -0.336 e. The molecule has 1 aromatic carbocycles. The van der Waals surface area contributed by atoms with Gasteiger partial charge in [-0.1, -0.05) is 49.6 Å². The highest BCUT2D eigenvalue weighted by molar-refractivity contribution is 5.92. The van der Waals surface area contributed by atoms with Crippen molar-refractivity contribution in [2.75, 3.05) is 13.1 Å². The van der Waals surface area contributed by atoms with Crippen LogP contribution in [0, 0.1) is 5.41 Å². The summed E-state index contributed by atoms with van der Waals surface area (Å²) in [7, 11) is 1.85. The molecule has 6 heteroatoms. The van der Waals surface area contributed by atoms with Gasteiger partial charge in [0.25, 0.3) is 5.91 Å². The van der Waals surface area contributed by atoms with Crippen LogP contribution in [0.5, 0.6) is 0 Å². The molecule has 2 saturated heterocycles. The number of hydrogen-bond acceptors (Lipinski definition) is 3. The minimum absolute atomic E-state index is 0.0146. The molecule has 3 heterocycles. The van der Waals surface area contributed by atoms with Crippen molar-refractivity contribution in [1.82, 2.24) is 19.4 Å². The van der Waals surface area contributed by atoms with E-state index in [2.05, 4.69) is 34.1 Å². The van der Waals surface area contributed by atoms with Gasteiger partial charge in [0.15, 0.2) is 5.82 Å². The third kappa shape index (κ3) is 2.96. The van der Waals surface area contributed by atoms with Crippen LogP contribution in [0.2, 0.25) is 0 Å². The zero-order valence-corrected chi connectivity index (χ0v) is 17.7. The summed E-state index contributed by atoms with van der Waals surface area (Å²) in [4.78, 5) is 34.6. The number of piperidine rings is 1. The molecule has 1 atom stereocenters. The van der Waals surface area contributed by atoms with Gasteiger partial charge < -0.3 is 14.4 Å². The third-order valence-electron chi connectivity index (χ3n) is 7.48. The van der Waals surface area contributed by atoms with Crippen LogP contribution in [0.3, 0.4) is 0 Å². The predicted molar refractivity (Wildman–Crippen MR) is 114 cm³/mol. The maximum atomic E-state index is 13.5. The van der Waals surface area contributed by atoms with Crippen molar-refractivity contribution in [1.29, 1.82) is 0 Å². The summed E-state index contributed by atoms with van der Waals surface area (Å²) in [6, 6.07) is 11.0. The number of amides is 2. The summed E-state index contributed by atoms with van der Waals surface area (Å²) in [5.41, 5.74) is 1.07. The van der Waals surface area contributed by atoms with Gasteiger partial charge >= 0.3 is 0 Å². The average Bonchev–Trinajstić information content (AvgIpc) is 3.23. The van der Waals surface area contributed by atoms with Crippen molar-refractivity contribution < 1.29 is 9.59 Å². The summed E-state index contributed by atoms with van der Waals surface area (Å²) in [6.45, 7) is 1.35. The number of carbonyl (C=O) groups is 2. The summed E-state index contributed by atoms with van der Waals surface area (Å²) >= 11 is 0. The summed E-state index contributed by atoms with van der Waals surface area (Å²) in [5, 5.41) is 0. The summed E-state index contributed by atoms with van der Waals surface area (Å²) < 4.78 is 1.77. The molecule has 158 valence electrons. The van der Waals surface area contributed by atoms with E-state index in [9.17, 15) is 9.59 Å². The number of benzene rings is 1. The van der Waals surface area contributed by atoms with Gasteiger partial charge in [-0.2, -0.15) is 0 Å². The highest BCUT2D eigenvalue weighted by Gasteiger charge is 2.62. The number of aromatic nitrogens is 2. The van der Waals surface area contributed by atoms with Crippen LogP contribution in [0.1, 0.15) is 67.2 Å². The SMILES string of the molecule is Cn1ccnc1C(=O)N1CCC(N2C(=O)C3(CCCCC3)C2c2ccccc2)CC1. The fraction of sp³-hybridized carbons (Fsp3) is 0.542. The molecule has 1 aliphatic carbocycles. The van der Waals surface area contributed by atoms with Gasteiger partial charge in [0.1, 0.15) is 0 Å². The van der Waals surface area contributed by atoms with E-state index in [4.69, 9.17) is 0 Å². The zero-order chi connectivity index (χ0) is 20.7. The van der Waals surface area contributed by atoms with Crippen LogP contribution in [0.4, 0.5) is 0 Å². The van der Waals surface area contributed by atoms with E-state index in [0.717, 1.165) is 38.5 Å². The Labute approximate surface area is 177 Å². The molecule has 0 N–H and O–H groups in total. The number of carbonyl (C=O) groups excluding carboxylic acids is 2. The molecule has 30 heavy (non-hydrogen) atoms. The Bertz CT molecular complexity index is 924. The van der Waals surface area contributed by atoms with E-state index in [-0.39, 0.29) is 23.4 Å². The minimum atomic E-state index is -0.195.